The molecule has 8 nitrogen and oxygen atoms in total. The normalized spacial score (nSPS) is 21.7. The van der Waals surface area contributed by atoms with E-state index in [1.165, 1.54) is 4.90 Å². The van der Waals surface area contributed by atoms with E-state index in [0.717, 1.165) is 0 Å². The van der Waals surface area contributed by atoms with E-state index >= 15 is 0 Å². The van der Waals surface area contributed by atoms with Crippen LogP contribution in [-0.4, -0.2) is 89.7 Å². The molecule has 2 saturated heterocycles. The first kappa shape index (κ1) is 14.6. The highest BCUT2D eigenvalue weighted by Crippen LogP contribution is 2.26. The number of likely N-dealkylation sites (tertiary alicyclic amines) is 1. The lowest BCUT2D eigenvalue weighted by Crippen LogP contribution is -2.67. The zero-order valence-electron chi connectivity index (χ0n) is 11.7. The van der Waals surface area contributed by atoms with Crippen LogP contribution >= 0.6 is 0 Å². The van der Waals surface area contributed by atoms with E-state index in [9.17, 15) is 14.4 Å². The molecule has 0 bridgehead atoms. The van der Waals surface area contributed by atoms with Gasteiger partial charge in [-0.05, 0) is 6.92 Å². The van der Waals surface area contributed by atoms with Crippen molar-refractivity contribution in [1.82, 2.24) is 14.7 Å². The van der Waals surface area contributed by atoms with Crippen LogP contribution in [0.4, 0.5) is 4.79 Å². The molecule has 0 saturated carbocycles. The maximum Gasteiger partial charge on any atom is 0.329 e. The molecule has 2 rings (SSSR count). The first-order valence-electron chi connectivity index (χ1n) is 6.44. The maximum absolute atomic E-state index is 12.2. The summed E-state index contributed by atoms with van der Waals surface area (Å²) in [6.07, 6.45) is 0. The van der Waals surface area contributed by atoms with Gasteiger partial charge in [0.05, 0.1) is 13.1 Å². The number of carboxylic acid groups (broad SMARTS) is 1. The number of hydrogen-bond acceptors (Lipinski definition) is 4. The second-order valence-corrected chi connectivity index (χ2v) is 5.51. The van der Waals surface area contributed by atoms with E-state index in [1.54, 1.807) is 23.8 Å². The smallest absolute Gasteiger partial charge is 0.329 e. The Morgan fingerprint density at radius 3 is 2.50 bits per heavy atom. The number of ether oxygens (including phenoxy) is 1. The summed E-state index contributed by atoms with van der Waals surface area (Å²) in [4.78, 5) is 38.9. The second-order valence-electron chi connectivity index (χ2n) is 5.51. The zero-order chi connectivity index (χ0) is 14.9. The van der Waals surface area contributed by atoms with Crippen molar-refractivity contribution in [3.05, 3.63) is 0 Å². The van der Waals surface area contributed by atoms with E-state index in [4.69, 9.17) is 9.84 Å². The van der Waals surface area contributed by atoms with Crippen molar-refractivity contribution >= 4 is 17.9 Å². The summed E-state index contributed by atoms with van der Waals surface area (Å²) >= 11 is 0. The van der Waals surface area contributed by atoms with Crippen molar-refractivity contribution in [1.29, 1.82) is 0 Å². The molecule has 0 aromatic heterocycles. The van der Waals surface area contributed by atoms with Gasteiger partial charge in [0.25, 0.3) is 0 Å². The number of aliphatic carboxylic acids is 1. The quantitative estimate of drug-likeness (QED) is 0.722. The van der Waals surface area contributed by atoms with Crippen LogP contribution in [0.5, 0.6) is 0 Å². The molecule has 8 heteroatoms. The molecule has 2 heterocycles. The number of hydrogen-bond donors (Lipinski definition) is 1. The molecule has 0 aliphatic carbocycles. The van der Waals surface area contributed by atoms with Crippen LogP contribution in [0.3, 0.4) is 0 Å². The fourth-order valence-corrected chi connectivity index (χ4v) is 2.35. The number of piperazine rings is 1. The molecule has 3 amide bonds. The van der Waals surface area contributed by atoms with Crippen LogP contribution in [0.15, 0.2) is 0 Å². The SMILES string of the molecule is CN1CCN(C(=O)N2CC(C)(OCC(=O)O)C2)CC1=O. The summed E-state index contributed by atoms with van der Waals surface area (Å²) in [6.45, 7) is 3.24. The molecule has 0 unspecified atom stereocenters. The van der Waals surface area contributed by atoms with Gasteiger partial charge < -0.3 is 24.5 Å². The third kappa shape index (κ3) is 3.01. The lowest BCUT2D eigenvalue weighted by Gasteiger charge is -2.49. The van der Waals surface area contributed by atoms with Gasteiger partial charge in [0.1, 0.15) is 18.8 Å². The van der Waals surface area contributed by atoms with Crippen LogP contribution in [-0.2, 0) is 14.3 Å². The van der Waals surface area contributed by atoms with Gasteiger partial charge in [-0.25, -0.2) is 9.59 Å². The molecule has 0 atom stereocenters. The minimum Gasteiger partial charge on any atom is -0.480 e. The Hall–Kier alpha value is -1.83. The number of likely N-dealkylation sites (N-methyl/N-ethyl adjacent to an activating group) is 1. The van der Waals surface area contributed by atoms with Crippen LogP contribution in [0, 0.1) is 0 Å². The van der Waals surface area contributed by atoms with Crippen molar-refractivity contribution in [3.63, 3.8) is 0 Å². The van der Waals surface area contributed by atoms with Crippen LogP contribution in [0.25, 0.3) is 0 Å². The molecule has 2 fully saturated rings. The van der Waals surface area contributed by atoms with Crippen molar-refractivity contribution < 1.29 is 24.2 Å². The van der Waals surface area contributed by atoms with Gasteiger partial charge in [-0.15, -0.1) is 0 Å². The van der Waals surface area contributed by atoms with Crippen LogP contribution < -0.4 is 0 Å². The molecule has 0 spiro atoms. The molecule has 0 aromatic carbocycles. The molecule has 112 valence electrons. The fraction of sp³-hybridized carbons (Fsp3) is 0.750. The topological polar surface area (TPSA) is 90.4 Å². The molecular formula is C12H19N3O5. The van der Waals surface area contributed by atoms with Gasteiger partial charge in [0, 0.05) is 20.1 Å². The van der Waals surface area contributed by atoms with Gasteiger partial charge >= 0.3 is 12.0 Å². The Morgan fingerprint density at radius 2 is 1.95 bits per heavy atom. The predicted octanol–water partition coefficient (Wildman–Crippen LogP) is -0.944. The summed E-state index contributed by atoms with van der Waals surface area (Å²) in [5.41, 5.74) is -0.607. The number of nitrogens with zero attached hydrogens (tertiary/aromatic N) is 3. The summed E-state index contributed by atoms with van der Waals surface area (Å²) < 4.78 is 5.25. The first-order chi connectivity index (χ1) is 9.31. The number of amides is 3. The van der Waals surface area contributed by atoms with Crippen molar-refractivity contribution in [2.24, 2.45) is 0 Å². The average molecular weight is 285 g/mol. The highest BCUT2D eigenvalue weighted by atomic mass is 16.5. The molecule has 20 heavy (non-hydrogen) atoms. The van der Waals surface area contributed by atoms with E-state index in [1.807, 2.05) is 0 Å². The summed E-state index contributed by atoms with van der Waals surface area (Å²) in [5, 5.41) is 8.57. The molecule has 1 N–H and O–H groups in total. The van der Waals surface area contributed by atoms with E-state index in [2.05, 4.69) is 0 Å². The first-order valence-corrected chi connectivity index (χ1v) is 6.44. The van der Waals surface area contributed by atoms with Crippen molar-refractivity contribution in [2.75, 3.05) is 46.4 Å². The zero-order valence-corrected chi connectivity index (χ0v) is 11.7. The van der Waals surface area contributed by atoms with Crippen LogP contribution in [0.1, 0.15) is 6.92 Å². The lowest BCUT2D eigenvalue weighted by molar-refractivity contribution is -0.160. The monoisotopic (exact) mass is 285 g/mol. The highest BCUT2D eigenvalue weighted by molar-refractivity contribution is 5.85. The number of carboxylic acids is 1. The average Bonchev–Trinajstić information content (AvgIpc) is 2.35. The predicted molar refractivity (Wildman–Crippen MR) is 68.2 cm³/mol. The Labute approximate surface area is 116 Å². The maximum atomic E-state index is 12.2. The fourth-order valence-electron chi connectivity index (χ4n) is 2.35. The van der Waals surface area contributed by atoms with Gasteiger partial charge in [-0.1, -0.05) is 0 Å². The number of carbonyl (C=O) groups is 3. The number of urea groups is 1. The summed E-state index contributed by atoms with van der Waals surface area (Å²) in [5.74, 6) is -1.10. The largest absolute Gasteiger partial charge is 0.480 e. The van der Waals surface area contributed by atoms with Crippen molar-refractivity contribution in [2.45, 2.75) is 12.5 Å². The van der Waals surface area contributed by atoms with Gasteiger partial charge in [-0.3, -0.25) is 4.79 Å². The Morgan fingerprint density at radius 1 is 1.30 bits per heavy atom. The minimum absolute atomic E-state index is 0.0741. The van der Waals surface area contributed by atoms with E-state index in [-0.39, 0.29) is 25.1 Å². The summed E-state index contributed by atoms with van der Waals surface area (Å²) in [6, 6.07) is -0.192. The Kier molecular flexibility index (Phi) is 3.85. The van der Waals surface area contributed by atoms with E-state index < -0.39 is 11.6 Å². The lowest BCUT2D eigenvalue weighted by atomic mass is 9.97. The Balaban J connectivity index is 1.81. The van der Waals surface area contributed by atoms with Gasteiger partial charge in [-0.2, -0.15) is 0 Å². The third-order valence-corrected chi connectivity index (χ3v) is 3.59. The van der Waals surface area contributed by atoms with Crippen LogP contribution in [0.2, 0.25) is 0 Å². The molecule has 0 radical (unpaired) electrons. The standard InChI is InChI=1S/C12H19N3O5/c1-12(20-6-10(17)18)7-15(8-12)11(19)14-4-3-13(2)9(16)5-14/h3-8H2,1-2H3,(H,17,18). The van der Waals surface area contributed by atoms with Crippen molar-refractivity contribution in [3.8, 4) is 0 Å². The minimum atomic E-state index is -1.03. The van der Waals surface area contributed by atoms with E-state index in [0.29, 0.717) is 26.2 Å². The molecule has 0 aromatic rings. The number of rotatable bonds is 3. The highest BCUT2D eigenvalue weighted by Gasteiger charge is 2.44. The van der Waals surface area contributed by atoms with Gasteiger partial charge in [0.2, 0.25) is 5.91 Å². The summed E-state index contributed by atoms with van der Waals surface area (Å²) in [7, 11) is 1.71. The molecule has 2 aliphatic rings. The Bertz CT molecular complexity index is 433. The molecular weight excluding hydrogens is 266 g/mol. The number of carbonyl (C=O) groups excluding carboxylic acids is 2. The third-order valence-electron chi connectivity index (χ3n) is 3.59. The molecule has 2 aliphatic heterocycles. The van der Waals surface area contributed by atoms with Gasteiger partial charge in [0.15, 0.2) is 0 Å². The second kappa shape index (κ2) is 5.28.